The van der Waals surface area contributed by atoms with Crippen LogP contribution < -0.4 is 10.0 Å². The lowest BCUT2D eigenvalue weighted by Crippen LogP contribution is -2.42. The predicted octanol–water partition coefficient (Wildman–Crippen LogP) is 1.09. The van der Waals surface area contributed by atoms with Gasteiger partial charge in [-0.15, -0.1) is 0 Å². The molecule has 0 spiro atoms. The second-order valence-corrected chi connectivity index (χ2v) is 7.45. The minimum atomic E-state index is -3.24. The van der Waals surface area contributed by atoms with Crippen LogP contribution >= 0.6 is 0 Å². The number of rotatable bonds is 5. The summed E-state index contributed by atoms with van der Waals surface area (Å²) in [6.45, 7) is 4.10. The molecule has 2 heterocycles. The van der Waals surface area contributed by atoms with Crippen LogP contribution in [0.4, 0.5) is 0 Å². The van der Waals surface area contributed by atoms with E-state index < -0.39 is 10.2 Å². The van der Waals surface area contributed by atoms with E-state index in [2.05, 4.69) is 10.0 Å². The van der Waals surface area contributed by atoms with Gasteiger partial charge in [0.15, 0.2) is 0 Å². The van der Waals surface area contributed by atoms with Gasteiger partial charge in [0, 0.05) is 19.6 Å². The van der Waals surface area contributed by atoms with Gasteiger partial charge in [0.05, 0.1) is 0 Å². The van der Waals surface area contributed by atoms with Crippen molar-refractivity contribution >= 4 is 10.2 Å². The number of hydrogen-bond acceptors (Lipinski definition) is 3. The van der Waals surface area contributed by atoms with E-state index in [-0.39, 0.29) is 0 Å². The number of piperidine rings is 1. The van der Waals surface area contributed by atoms with Gasteiger partial charge in [0.25, 0.3) is 10.2 Å². The smallest absolute Gasteiger partial charge is 0.279 e. The van der Waals surface area contributed by atoms with Crippen LogP contribution in [0.3, 0.4) is 0 Å². The topological polar surface area (TPSA) is 61.4 Å². The summed E-state index contributed by atoms with van der Waals surface area (Å²) in [6.07, 6.45) is 7.61. The molecular weight excluding hydrogens is 262 g/mol. The molecule has 2 aliphatic heterocycles. The quantitative estimate of drug-likeness (QED) is 0.796. The first-order valence-corrected chi connectivity index (χ1v) is 9.08. The molecule has 2 fully saturated rings. The maximum atomic E-state index is 12.2. The largest absolute Gasteiger partial charge is 0.317 e. The van der Waals surface area contributed by atoms with Crippen molar-refractivity contribution in [1.82, 2.24) is 14.3 Å². The molecule has 0 atom stereocenters. The fourth-order valence-corrected chi connectivity index (χ4v) is 4.23. The summed E-state index contributed by atoms with van der Waals surface area (Å²) in [5, 5.41) is 3.33. The van der Waals surface area contributed by atoms with Crippen LogP contribution in [0.15, 0.2) is 0 Å². The van der Waals surface area contributed by atoms with E-state index in [4.69, 9.17) is 0 Å². The van der Waals surface area contributed by atoms with E-state index in [1.54, 1.807) is 4.31 Å². The summed E-state index contributed by atoms with van der Waals surface area (Å²) >= 11 is 0. The molecule has 0 bridgehead atoms. The fourth-order valence-electron chi connectivity index (χ4n) is 2.94. The second kappa shape index (κ2) is 7.57. The lowest BCUT2D eigenvalue weighted by molar-refractivity contribution is 0.351. The van der Waals surface area contributed by atoms with Crippen molar-refractivity contribution in [3.8, 4) is 0 Å². The molecule has 0 saturated carbocycles. The first kappa shape index (κ1) is 15.2. The zero-order valence-electron chi connectivity index (χ0n) is 11.7. The molecule has 0 amide bonds. The monoisotopic (exact) mass is 289 g/mol. The Kier molecular flexibility index (Phi) is 6.06. The number of nitrogens with one attached hydrogen (secondary N) is 2. The maximum absolute atomic E-state index is 12.2. The molecule has 0 aliphatic carbocycles. The third-order valence-electron chi connectivity index (χ3n) is 4.20. The normalized spacial score (nSPS) is 24.2. The standard InChI is InChI=1S/C13H27N3O2S/c17-19(18,16-11-3-1-2-4-12-16)15-10-7-13-5-8-14-9-6-13/h13-15H,1-12H2. The van der Waals surface area contributed by atoms with Gasteiger partial charge >= 0.3 is 0 Å². The number of nitrogens with zero attached hydrogens (tertiary/aromatic N) is 1. The molecule has 2 saturated heterocycles. The Morgan fingerprint density at radius 1 is 1.05 bits per heavy atom. The van der Waals surface area contributed by atoms with Crippen LogP contribution in [-0.4, -0.2) is 45.4 Å². The number of hydrogen-bond donors (Lipinski definition) is 2. The van der Waals surface area contributed by atoms with E-state index >= 15 is 0 Å². The van der Waals surface area contributed by atoms with Crippen molar-refractivity contribution in [2.45, 2.75) is 44.9 Å². The minimum absolute atomic E-state index is 0.587. The van der Waals surface area contributed by atoms with Crippen molar-refractivity contribution in [2.75, 3.05) is 32.7 Å². The Bertz CT molecular complexity index is 345. The Morgan fingerprint density at radius 3 is 2.32 bits per heavy atom. The minimum Gasteiger partial charge on any atom is -0.317 e. The highest BCUT2D eigenvalue weighted by molar-refractivity contribution is 7.87. The van der Waals surface area contributed by atoms with E-state index in [0.29, 0.717) is 25.6 Å². The lowest BCUT2D eigenvalue weighted by atomic mass is 9.95. The van der Waals surface area contributed by atoms with Crippen molar-refractivity contribution in [3.05, 3.63) is 0 Å². The predicted molar refractivity (Wildman–Crippen MR) is 77.2 cm³/mol. The van der Waals surface area contributed by atoms with Crippen molar-refractivity contribution in [1.29, 1.82) is 0 Å². The Hall–Kier alpha value is -0.170. The summed E-state index contributed by atoms with van der Waals surface area (Å²) in [4.78, 5) is 0. The molecule has 0 aromatic heterocycles. The van der Waals surface area contributed by atoms with Gasteiger partial charge in [-0.3, -0.25) is 0 Å². The summed E-state index contributed by atoms with van der Waals surface area (Å²) in [6, 6.07) is 0. The summed E-state index contributed by atoms with van der Waals surface area (Å²) in [5.41, 5.74) is 0. The van der Waals surface area contributed by atoms with Gasteiger partial charge in [0.1, 0.15) is 0 Å². The van der Waals surface area contributed by atoms with E-state index in [1.165, 1.54) is 12.8 Å². The fraction of sp³-hybridized carbons (Fsp3) is 1.00. The Morgan fingerprint density at radius 2 is 1.68 bits per heavy atom. The van der Waals surface area contributed by atoms with Crippen LogP contribution in [-0.2, 0) is 10.2 Å². The molecule has 19 heavy (non-hydrogen) atoms. The van der Waals surface area contributed by atoms with Crippen LogP contribution in [0.25, 0.3) is 0 Å². The van der Waals surface area contributed by atoms with Crippen LogP contribution in [0.2, 0.25) is 0 Å². The van der Waals surface area contributed by atoms with Crippen LogP contribution in [0, 0.1) is 5.92 Å². The molecule has 0 aromatic carbocycles. The maximum Gasteiger partial charge on any atom is 0.279 e. The highest BCUT2D eigenvalue weighted by atomic mass is 32.2. The zero-order valence-corrected chi connectivity index (χ0v) is 12.6. The molecule has 5 nitrogen and oxygen atoms in total. The van der Waals surface area contributed by atoms with Crippen molar-refractivity contribution in [3.63, 3.8) is 0 Å². The van der Waals surface area contributed by atoms with Gasteiger partial charge in [-0.1, -0.05) is 12.8 Å². The molecule has 6 heteroatoms. The third-order valence-corrected chi connectivity index (χ3v) is 5.81. The van der Waals surface area contributed by atoms with Gasteiger partial charge in [0.2, 0.25) is 0 Å². The SMILES string of the molecule is O=S(=O)(NCCC1CCNCC1)N1CCCCCC1. The first-order valence-electron chi connectivity index (χ1n) is 7.64. The highest BCUT2D eigenvalue weighted by Crippen LogP contribution is 2.16. The molecule has 2 rings (SSSR count). The molecule has 0 aromatic rings. The molecule has 0 radical (unpaired) electrons. The average molecular weight is 289 g/mol. The third kappa shape index (κ3) is 5.02. The second-order valence-electron chi connectivity index (χ2n) is 5.69. The average Bonchev–Trinajstić information content (AvgIpc) is 2.69. The van der Waals surface area contributed by atoms with Gasteiger partial charge in [-0.05, 0) is 51.1 Å². The van der Waals surface area contributed by atoms with E-state index in [9.17, 15) is 8.42 Å². The zero-order chi connectivity index (χ0) is 13.6. The van der Waals surface area contributed by atoms with Gasteiger partial charge < -0.3 is 5.32 Å². The van der Waals surface area contributed by atoms with Crippen molar-refractivity contribution in [2.24, 2.45) is 5.92 Å². The van der Waals surface area contributed by atoms with E-state index in [1.807, 2.05) is 0 Å². The van der Waals surface area contributed by atoms with Crippen LogP contribution in [0.1, 0.15) is 44.9 Å². The molecule has 112 valence electrons. The van der Waals surface area contributed by atoms with Gasteiger partial charge in [-0.25, -0.2) is 4.72 Å². The lowest BCUT2D eigenvalue weighted by Gasteiger charge is -2.24. The molecule has 2 N–H and O–H groups in total. The highest BCUT2D eigenvalue weighted by Gasteiger charge is 2.22. The summed E-state index contributed by atoms with van der Waals surface area (Å²) < 4.78 is 28.8. The van der Waals surface area contributed by atoms with Crippen LogP contribution in [0.5, 0.6) is 0 Å². The molecule has 0 unspecified atom stereocenters. The van der Waals surface area contributed by atoms with E-state index in [0.717, 1.165) is 45.2 Å². The molecular formula is C13H27N3O2S. The van der Waals surface area contributed by atoms with Gasteiger partial charge in [-0.2, -0.15) is 12.7 Å². The Balaban J connectivity index is 1.73. The first-order chi connectivity index (χ1) is 9.18. The summed E-state index contributed by atoms with van der Waals surface area (Å²) in [5.74, 6) is 0.674. The molecule has 2 aliphatic rings. The Labute approximate surface area is 117 Å². The van der Waals surface area contributed by atoms with Crippen molar-refractivity contribution < 1.29 is 8.42 Å². The summed E-state index contributed by atoms with van der Waals surface area (Å²) in [7, 11) is -3.24.